The second-order valence-corrected chi connectivity index (χ2v) is 7.83. The van der Waals surface area contributed by atoms with Gasteiger partial charge in [-0.3, -0.25) is 4.79 Å². The highest BCUT2D eigenvalue weighted by atomic mass is 32.2. The van der Waals surface area contributed by atoms with E-state index in [4.69, 9.17) is 15.6 Å². The van der Waals surface area contributed by atoms with E-state index in [9.17, 15) is 4.79 Å². The first-order valence-electron chi connectivity index (χ1n) is 8.05. The quantitative estimate of drug-likeness (QED) is 0.691. The first kappa shape index (κ1) is 19.0. The molecule has 0 aromatic carbocycles. The van der Waals surface area contributed by atoms with E-state index in [0.717, 1.165) is 30.8 Å². The Bertz CT molecular complexity index is 733. The van der Waals surface area contributed by atoms with E-state index < -0.39 is 5.97 Å². The number of aliphatic carboxylic acids is 1. The van der Waals surface area contributed by atoms with Crippen LogP contribution in [0.25, 0.3) is 11.2 Å². The second kappa shape index (κ2) is 9.26. The Labute approximate surface area is 149 Å². The predicted molar refractivity (Wildman–Crippen MR) is 99.0 cm³/mol. The van der Waals surface area contributed by atoms with Gasteiger partial charge in [-0.1, -0.05) is 0 Å². The van der Waals surface area contributed by atoms with Gasteiger partial charge in [0.2, 0.25) is 0 Å². The third-order valence-corrected chi connectivity index (χ3v) is 5.19. The number of rotatable bonds is 5. The highest BCUT2D eigenvalue weighted by molar-refractivity contribution is 7.98. The largest absolute Gasteiger partial charge is 0.491 e. The van der Waals surface area contributed by atoms with Crippen molar-refractivity contribution in [3.8, 4) is 0 Å². The zero-order valence-corrected chi connectivity index (χ0v) is 15.3. The van der Waals surface area contributed by atoms with Gasteiger partial charge in [0.25, 0.3) is 0 Å². The number of nitrogens with zero attached hydrogens (tertiary/aromatic N) is 3. The molecule has 0 aliphatic carbocycles. The number of ether oxygens (including phenoxy) is 1. The van der Waals surface area contributed by atoms with Crippen molar-refractivity contribution in [1.82, 2.24) is 19.9 Å². The number of allylic oxidation sites excluding steroid dienone is 1. The summed E-state index contributed by atoms with van der Waals surface area (Å²) in [6.07, 6.45) is 8.60. The number of carbonyl (C=O) groups is 1. The van der Waals surface area contributed by atoms with Gasteiger partial charge in [0.1, 0.15) is 29.6 Å². The van der Waals surface area contributed by atoms with Gasteiger partial charge in [0.05, 0.1) is 12.4 Å². The number of hydrogen-bond acceptors (Lipinski definition) is 6. The highest BCUT2D eigenvalue weighted by Crippen LogP contribution is 2.23. The van der Waals surface area contributed by atoms with E-state index >= 15 is 0 Å². The molecular formula is C16H24N5O3S+. The van der Waals surface area contributed by atoms with E-state index in [0.29, 0.717) is 23.1 Å². The van der Waals surface area contributed by atoms with Crippen LogP contribution in [0.15, 0.2) is 23.8 Å². The Morgan fingerprint density at radius 2 is 2.32 bits per heavy atom. The van der Waals surface area contributed by atoms with Crippen molar-refractivity contribution in [2.45, 2.75) is 38.7 Å². The lowest BCUT2D eigenvalue weighted by Gasteiger charge is -2.02. The minimum Gasteiger partial charge on any atom is -0.491 e. The van der Waals surface area contributed by atoms with Gasteiger partial charge < -0.3 is 20.6 Å². The summed E-state index contributed by atoms with van der Waals surface area (Å²) >= 11 is 0. The first-order valence-corrected chi connectivity index (χ1v) is 9.92. The third kappa shape index (κ3) is 6.26. The van der Waals surface area contributed by atoms with Crippen LogP contribution in [-0.4, -0.2) is 49.1 Å². The lowest BCUT2D eigenvalue weighted by atomic mass is 10.2. The summed E-state index contributed by atoms with van der Waals surface area (Å²) in [5.41, 5.74) is 6.78. The van der Waals surface area contributed by atoms with Crippen molar-refractivity contribution < 1.29 is 14.6 Å². The van der Waals surface area contributed by atoms with Gasteiger partial charge >= 0.3 is 5.97 Å². The summed E-state index contributed by atoms with van der Waals surface area (Å²) in [7, 11) is 0.158. The van der Waals surface area contributed by atoms with Crippen LogP contribution < -0.4 is 5.73 Å². The maximum atomic E-state index is 10.3. The highest BCUT2D eigenvalue weighted by Gasteiger charge is 2.20. The Hall–Kier alpha value is -2.29. The number of nitrogens with one attached hydrogen (secondary N) is 1. The zero-order valence-electron chi connectivity index (χ0n) is 14.4. The van der Waals surface area contributed by atoms with E-state index in [1.807, 2.05) is 0 Å². The summed E-state index contributed by atoms with van der Waals surface area (Å²) in [6, 6.07) is 0. The number of hydrogen-bond donors (Lipinski definition) is 3. The fourth-order valence-corrected chi connectivity index (χ4v) is 3.67. The Morgan fingerprint density at radius 3 is 2.96 bits per heavy atom. The molecule has 0 radical (unpaired) electrons. The monoisotopic (exact) mass is 366 g/mol. The average molecular weight is 366 g/mol. The molecule has 25 heavy (non-hydrogen) atoms. The number of carboxylic acids is 1. The van der Waals surface area contributed by atoms with Gasteiger partial charge in [0.15, 0.2) is 16.9 Å². The number of carboxylic acid groups (broad SMARTS) is 1. The molecule has 3 heterocycles. The fourth-order valence-electron chi connectivity index (χ4n) is 2.33. The second-order valence-electron chi connectivity index (χ2n) is 5.80. The van der Waals surface area contributed by atoms with Crippen LogP contribution in [0.3, 0.4) is 0 Å². The standard InChI is InChI=1S/C11H18O3S.C5H5N5/c1-9-5-6-10(14-9)8-15(2)7-3-4-11(12)13;6-4-3-5(9-1-7-3)10-2-8-4/h8-9H,3-7H2,1-2H3;1-2H,(H3,6,7,8,9,10)/p+1/b10-8+;. The lowest BCUT2D eigenvalue weighted by molar-refractivity contribution is -0.137. The molecule has 3 rings (SSSR count). The molecule has 2 atom stereocenters. The first-order chi connectivity index (χ1) is 12.0. The summed E-state index contributed by atoms with van der Waals surface area (Å²) in [4.78, 5) is 24.7. The van der Waals surface area contributed by atoms with Gasteiger partial charge in [-0.05, 0) is 13.3 Å². The van der Waals surface area contributed by atoms with Gasteiger partial charge in [-0.2, -0.15) is 0 Å². The van der Waals surface area contributed by atoms with Crippen molar-refractivity contribution >= 4 is 33.8 Å². The maximum absolute atomic E-state index is 10.3. The number of imidazole rings is 1. The Balaban J connectivity index is 0.000000194. The van der Waals surface area contributed by atoms with Crippen LogP contribution in [0.1, 0.15) is 32.6 Å². The number of nitrogen functional groups attached to an aromatic ring is 1. The van der Waals surface area contributed by atoms with Crippen LogP contribution in [0.2, 0.25) is 0 Å². The molecule has 0 saturated carbocycles. The molecule has 1 saturated heterocycles. The number of H-pyrrole nitrogens is 1. The number of aromatic amines is 1. The lowest BCUT2D eigenvalue weighted by Crippen LogP contribution is -2.05. The smallest absolute Gasteiger partial charge is 0.303 e. The molecule has 4 N–H and O–H groups in total. The fraction of sp³-hybridized carbons (Fsp3) is 0.500. The topological polar surface area (TPSA) is 127 Å². The Kier molecular flexibility index (Phi) is 7.05. The van der Waals surface area contributed by atoms with Crippen LogP contribution in [0, 0.1) is 0 Å². The van der Waals surface area contributed by atoms with Crippen LogP contribution >= 0.6 is 0 Å². The number of anilines is 1. The summed E-state index contributed by atoms with van der Waals surface area (Å²) < 4.78 is 5.61. The minimum atomic E-state index is -0.703. The van der Waals surface area contributed by atoms with Crippen molar-refractivity contribution in [3.05, 3.63) is 23.8 Å². The van der Waals surface area contributed by atoms with Crippen molar-refractivity contribution in [3.63, 3.8) is 0 Å². The average Bonchev–Trinajstić information content (AvgIpc) is 3.17. The van der Waals surface area contributed by atoms with E-state index in [-0.39, 0.29) is 17.3 Å². The molecule has 2 aromatic rings. The summed E-state index contributed by atoms with van der Waals surface area (Å²) in [5, 5.41) is 10.7. The summed E-state index contributed by atoms with van der Waals surface area (Å²) in [6.45, 7) is 2.08. The van der Waals surface area contributed by atoms with Gasteiger partial charge in [-0.15, -0.1) is 0 Å². The molecule has 136 valence electrons. The van der Waals surface area contributed by atoms with E-state index in [1.165, 1.54) is 12.7 Å². The number of aromatic nitrogens is 4. The maximum Gasteiger partial charge on any atom is 0.303 e. The third-order valence-electron chi connectivity index (χ3n) is 3.59. The van der Waals surface area contributed by atoms with Gasteiger partial charge in [0, 0.05) is 30.2 Å². The molecule has 2 unspecified atom stereocenters. The van der Waals surface area contributed by atoms with Crippen molar-refractivity contribution in [2.75, 3.05) is 17.7 Å². The van der Waals surface area contributed by atoms with Gasteiger partial charge in [-0.25, -0.2) is 15.0 Å². The Morgan fingerprint density at radius 1 is 1.52 bits per heavy atom. The molecule has 1 aliphatic heterocycles. The molecular weight excluding hydrogens is 342 g/mol. The molecule has 1 fully saturated rings. The molecule has 0 bridgehead atoms. The van der Waals surface area contributed by atoms with Crippen LogP contribution in [0.4, 0.5) is 5.82 Å². The predicted octanol–water partition coefficient (Wildman–Crippen LogP) is 2.07. The molecule has 9 heteroatoms. The number of fused-ring (bicyclic) bond motifs is 1. The molecule has 1 aliphatic rings. The molecule has 8 nitrogen and oxygen atoms in total. The summed E-state index contributed by atoms with van der Waals surface area (Å²) in [5.74, 6) is 1.78. The molecule has 2 aromatic heterocycles. The van der Waals surface area contributed by atoms with Crippen molar-refractivity contribution in [1.29, 1.82) is 0 Å². The SMILES string of the molecule is CC1CC/C(=C\[S+](C)CCCC(=O)O)O1.Nc1ncnc2nc[nH]c12. The normalized spacial score (nSPS) is 19.3. The van der Waals surface area contributed by atoms with E-state index in [1.54, 1.807) is 0 Å². The minimum absolute atomic E-state index is 0.158. The molecule has 0 spiro atoms. The zero-order chi connectivity index (χ0) is 18.2. The number of nitrogens with two attached hydrogens (primary N) is 1. The van der Waals surface area contributed by atoms with Crippen LogP contribution in [-0.2, 0) is 20.4 Å². The molecule has 0 amide bonds. The van der Waals surface area contributed by atoms with Crippen molar-refractivity contribution in [2.24, 2.45) is 0 Å². The van der Waals surface area contributed by atoms with E-state index in [2.05, 4.69) is 38.5 Å². The van der Waals surface area contributed by atoms with Crippen LogP contribution in [0.5, 0.6) is 0 Å².